The largest absolute Gasteiger partial charge is 0.442 e. The molecule has 0 aromatic heterocycles. The standard InChI is InChI=1S/C11H21NO3Si/c1-11(2,3)15-10(13)12-14-8-7-9-16(4,5)6/h8H2,1-6H3,(H,12,13). The second-order valence-corrected chi connectivity index (χ2v) is 10.2. The summed E-state index contributed by atoms with van der Waals surface area (Å²) in [6, 6.07) is 0. The first-order valence-corrected chi connectivity index (χ1v) is 8.71. The molecule has 4 nitrogen and oxygen atoms in total. The van der Waals surface area contributed by atoms with E-state index < -0.39 is 19.8 Å². The number of carbonyl (C=O) groups excluding carboxylic acids is 1. The van der Waals surface area contributed by atoms with Gasteiger partial charge in [0.2, 0.25) is 0 Å². The fourth-order valence-electron chi connectivity index (χ4n) is 0.731. The number of rotatable bonds is 2. The maximum Gasteiger partial charge on any atom is 0.431 e. The van der Waals surface area contributed by atoms with Gasteiger partial charge < -0.3 is 4.74 Å². The molecule has 0 rings (SSSR count). The van der Waals surface area contributed by atoms with E-state index >= 15 is 0 Å². The van der Waals surface area contributed by atoms with Crippen molar-refractivity contribution in [2.24, 2.45) is 0 Å². The van der Waals surface area contributed by atoms with E-state index in [1.54, 1.807) is 20.8 Å². The van der Waals surface area contributed by atoms with Gasteiger partial charge in [-0.15, -0.1) is 5.54 Å². The first kappa shape index (κ1) is 15.0. The van der Waals surface area contributed by atoms with Crippen LogP contribution < -0.4 is 5.48 Å². The van der Waals surface area contributed by atoms with Crippen LogP contribution in [0.1, 0.15) is 20.8 Å². The maximum atomic E-state index is 11.1. The summed E-state index contributed by atoms with van der Waals surface area (Å²) in [5, 5.41) is 0. The number of hydrogen-bond acceptors (Lipinski definition) is 3. The van der Waals surface area contributed by atoms with E-state index in [2.05, 4.69) is 36.6 Å². The smallest absolute Gasteiger partial charge is 0.431 e. The lowest BCUT2D eigenvalue weighted by Crippen LogP contribution is -2.32. The molecule has 0 spiro atoms. The highest BCUT2D eigenvalue weighted by atomic mass is 28.3. The second kappa shape index (κ2) is 5.92. The SMILES string of the molecule is CC(C)(C)OC(=O)NOCC#C[Si](C)(C)C. The van der Waals surface area contributed by atoms with Crippen molar-refractivity contribution in [1.29, 1.82) is 0 Å². The van der Waals surface area contributed by atoms with Crippen LogP contribution in [0.25, 0.3) is 0 Å². The van der Waals surface area contributed by atoms with E-state index in [1.165, 1.54) is 0 Å². The average Bonchev–Trinajstić information content (AvgIpc) is 1.97. The Labute approximate surface area is 98.7 Å². The lowest BCUT2D eigenvalue weighted by molar-refractivity contribution is 0.00124. The summed E-state index contributed by atoms with van der Waals surface area (Å²) in [7, 11) is -1.36. The van der Waals surface area contributed by atoms with E-state index in [0.29, 0.717) is 0 Å². The molecule has 0 heterocycles. The quantitative estimate of drug-likeness (QED) is 0.350. The Bertz CT molecular complexity index is 291. The van der Waals surface area contributed by atoms with Crippen LogP contribution in [0.3, 0.4) is 0 Å². The predicted octanol–water partition coefficient (Wildman–Crippen LogP) is 2.32. The van der Waals surface area contributed by atoms with Gasteiger partial charge in [0.1, 0.15) is 20.3 Å². The summed E-state index contributed by atoms with van der Waals surface area (Å²) in [6.07, 6.45) is -0.595. The molecule has 16 heavy (non-hydrogen) atoms. The van der Waals surface area contributed by atoms with Crippen LogP contribution in [0.15, 0.2) is 0 Å². The number of nitrogens with one attached hydrogen (secondary N) is 1. The monoisotopic (exact) mass is 243 g/mol. The highest BCUT2D eigenvalue weighted by molar-refractivity contribution is 6.83. The van der Waals surface area contributed by atoms with Crippen LogP contribution in [-0.2, 0) is 9.57 Å². The molecule has 0 aliphatic carbocycles. The summed E-state index contributed by atoms with van der Waals surface area (Å²) in [6.45, 7) is 12.0. The summed E-state index contributed by atoms with van der Waals surface area (Å²) in [4.78, 5) is 16.0. The van der Waals surface area contributed by atoms with Crippen LogP contribution >= 0.6 is 0 Å². The predicted molar refractivity (Wildman–Crippen MR) is 66.4 cm³/mol. The highest BCUT2D eigenvalue weighted by Crippen LogP contribution is 2.06. The third-order valence-electron chi connectivity index (χ3n) is 1.16. The van der Waals surface area contributed by atoms with Crippen molar-refractivity contribution in [3.63, 3.8) is 0 Å². The second-order valence-electron chi connectivity index (χ2n) is 5.44. The van der Waals surface area contributed by atoms with Crippen LogP contribution in [0.2, 0.25) is 19.6 Å². The van der Waals surface area contributed by atoms with Crippen LogP contribution in [0, 0.1) is 11.5 Å². The summed E-state index contributed by atoms with van der Waals surface area (Å²) >= 11 is 0. The minimum Gasteiger partial charge on any atom is -0.442 e. The molecule has 0 aromatic rings. The number of ether oxygens (including phenoxy) is 1. The van der Waals surface area contributed by atoms with Gasteiger partial charge in [0, 0.05) is 0 Å². The molecule has 92 valence electrons. The molecule has 5 heteroatoms. The van der Waals surface area contributed by atoms with Crippen molar-refractivity contribution in [3.05, 3.63) is 0 Å². The van der Waals surface area contributed by atoms with Gasteiger partial charge in [-0.2, -0.15) is 5.48 Å². The molecule has 0 saturated heterocycles. The number of hydrogen-bond donors (Lipinski definition) is 1. The molecule has 0 aliphatic rings. The van der Waals surface area contributed by atoms with Gasteiger partial charge in [-0.05, 0) is 20.8 Å². The van der Waals surface area contributed by atoms with E-state index in [1.807, 2.05) is 0 Å². The van der Waals surface area contributed by atoms with Crippen LogP contribution in [0.5, 0.6) is 0 Å². The van der Waals surface area contributed by atoms with E-state index in [-0.39, 0.29) is 6.61 Å². The minimum atomic E-state index is -1.36. The van der Waals surface area contributed by atoms with Crippen molar-refractivity contribution in [1.82, 2.24) is 5.48 Å². The van der Waals surface area contributed by atoms with Crippen LogP contribution in [0.4, 0.5) is 4.79 Å². The van der Waals surface area contributed by atoms with E-state index in [4.69, 9.17) is 9.57 Å². The Morgan fingerprint density at radius 3 is 2.31 bits per heavy atom. The number of amides is 1. The molecule has 1 N–H and O–H groups in total. The summed E-state index contributed by atoms with van der Waals surface area (Å²) < 4.78 is 4.97. The maximum absolute atomic E-state index is 11.1. The van der Waals surface area contributed by atoms with E-state index in [9.17, 15) is 4.79 Å². The van der Waals surface area contributed by atoms with Crippen LogP contribution in [-0.4, -0.2) is 26.4 Å². The van der Waals surface area contributed by atoms with Gasteiger partial charge in [0.25, 0.3) is 0 Å². The van der Waals surface area contributed by atoms with Crippen molar-refractivity contribution in [3.8, 4) is 11.5 Å². The Morgan fingerprint density at radius 2 is 1.88 bits per heavy atom. The lowest BCUT2D eigenvalue weighted by Gasteiger charge is -2.19. The Hall–Kier alpha value is -0.993. The normalized spacial score (nSPS) is 11.4. The number of hydroxylamine groups is 1. The van der Waals surface area contributed by atoms with Crippen molar-refractivity contribution < 1.29 is 14.4 Å². The fourth-order valence-corrected chi connectivity index (χ4v) is 1.33. The molecule has 1 amide bonds. The van der Waals surface area contributed by atoms with Gasteiger partial charge in [-0.25, -0.2) is 4.79 Å². The van der Waals surface area contributed by atoms with E-state index in [0.717, 1.165) is 0 Å². The third kappa shape index (κ3) is 11.1. The molecule has 0 fully saturated rings. The zero-order valence-electron chi connectivity index (χ0n) is 10.9. The molecule has 0 unspecified atom stereocenters. The zero-order chi connectivity index (χ0) is 12.8. The highest BCUT2D eigenvalue weighted by Gasteiger charge is 2.15. The lowest BCUT2D eigenvalue weighted by atomic mass is 10.2. The molecular formula is C11H21NO3Si. The fraction of sp³-hybridized carbons (Fsp3) is 0.727. The Balaban J connectivity index is 3.75. The van der Waals surface area contributed by atoms with Gasteiger partial charge in [0.15, 0.2) is 0 Å². The van der Waals surface area contributed by atoms with Crippen molar-refractivity contribution in [2.45, 2.75) is 46.0 Å². The summed E-state index contributed by atoms with van der Waals surface area (Å²) in [5.41, 5.74) is 4.78. The topological polar surface area (TPSA) is 47.6 Å². The van der Waals surface area contributed by atoms with Gasteiger partial charge in [0.05, 0.1) is 0 Å². The average molecular weight is 243 g/mol. The number of carbonyl (C=O) groups is 1. The van der Waals surface area contributed by atoms with Crippen molar-refractivity contribution >= 4 is 14.2 Å². The molecule has 0 bridgehead atoms. The first-order valence-electron chi connectivity index (χ1n) is 5.21. The van der Waals surface area contributed by atoms with Gasteiger partial charge in [-0.1, -0.05) is 25.6 Å². The van der Waals surface area contributed by atoms with Gasteiger partial charge >= 0.3 is 6.09 Å². The van der Waals surface area contributed by atoms with Gasteiger partial charge in [-0.3, -0.25) is 4.84 Å². The zero-order valence-corrected chi connectivity index (χ0v) is 11.9. The molecule has 0 saturated carbocycles. The molecule has 0 aliphatic heterocycles. The molecule has 0 atom stereocenters. The Morgan fingerprint density at radius 1 is 1.31 bits per heavy atom. The first-order chi connectivity index (χ1) is 7.10. The van der Waals surface area contributed by atoms with Crippen molar-refractivity contribution in [2.75, 3.05) is 6.61 Å². The molecule has 0 aromatic carbocycles. The molecule has 0 radical (unpaired) electrons. The third-order valence-corrected chi connectivity index (χ3v) is 2.09. The molecular weight excluding hydrogens is 222 g/mol. The summed E-state index contributed by atoms with van der Waals surface area (Å²) in [5.74, 6) is 2.86. The Kier molecular flexibility index (Phi) is 5.55. The minimum absolute atomic E-state index is 0.184.